The van der Waals surface area contributed by atoms with Gasteiger partial charge in [-0.2, -0.15) is 8.78 Å². The van der Waals surface area contributed by atoms with Crippen molar-refractivity contribution in [3.05, 3.63) is 57.9 Å². The van der Waals surface area contributed by atoms with Gasteiger partial charge >= 0.3 is 0 Å². The van der Waals surface area contributed by atoms with Crippen LogP contribution in [-0.4, -0.2) is 29.4 Å². The molecular weight excluding hydrogens is 368 g/mol. The van der Waals surface area contributed by atoms with Crippen molar-refractivity contribution in [1.82, 2.24) is 24.3 Å². The zero-order valence-electron chi connectivity index (χ0n) is 15.5. The summed E-state index contributed by atoms with van der Waals surface area (Å²) in [6, 6.07) is 3.56. The fourth-order valence-electron chi connectivity index (χ4n) is 3.67. The quantitative estimate of drug-likeness (QED) is 0.744. The van der Waals surface area contributed by atoms with E-state index in [2.05, 4.69) is 15.0 Å². The summed E-state index contributed by atoms with van der Waals surface area (Å²) < 4.78 is 27.9. The first-order valence-corrected chi connectivity index (χ1v) is 9.03. The van der Waals surface area contributed by atoms with Crippen molar-refractivity contribution in [2.24, 2.45) is 0 Å². The zero-order valence-corrected chi connectivity index (χ0v) is 15.5. The number of aliphatic hydroxyl groups is 1. The zero-order chi connectivity index (χ0) is 20.1. The number of nitrogens with zero attached hydrogens (tertiary/aromatic N) is 5. The number of fused-ring (bicyclic) bond motifs is 2. The van der Waals surface area contributed by atoms with Gasteiger partial charge in [-0.1, -0.05) is 13.0 Å². The second-order valence-electron chi connectivity index (χ2n) is 6.91. The van der Waals surface area contributed by atoms with Gasteiger partial charge in [0.1, 0.15) is 16.8 Å². The van der Waals surface area contributed by atoms with Crippen LogP contribution in [-0.2, 0) is 18.6 Å². The second-order valence-corrected chi connectivity index (χ2v) is 6.91. The van der Waals surface area contributed by atoms with Gasteiger partial charge in [-0.05, 0) is 37.8 Å². The Kier molecular flexibility index (Phi) is 4.34. The van der Waals surface area contributed by atoms with Crippen LogP contribution in [0.25, 0.3) is 16.9 Å². The highest BCUT2D eigenvalue weighted by molar-refractivity contribution is 5.75. The predicted octanol–water partition coefficient (Wildman–Crippen LogP) is 2.61. The topological polar surface area (TPSA) is 85.8 Å². The van der Waals surface area contributed by atoms with Gasteiger partial charge in [0.05, 0.1) is 12.2 Å². The van der Waals surface area contributed by atoms with Gasteiger partial charge in [-0.15, -0.1) is 0 Å². The Balaban J connectivity index is 2.00. The SMILES string of the molecule is CCC1(O)CCc2ccc(-n3c4nc(C)ncc4c(=O)n3CC=C(F)F)nc21. The van der Waals surface area contributed by atoms with Gasteiger partial charge < -0.3 is 5.11 Å². The van der Waals surface area contributed by atoms with Crippen molar-refractivity contribution in [2.75, 3.05) is 0 Å². The minimum atomic E-state index is -1.88. The van der Waals surface area contributed by atoms with Gasteiger partial charge in [-0.25, -0.2) is 24.3 Å². The minimum Gasteiger partial charge on any atom is -0.384 e. The molecule has 0 radical (unpaired) electrons. The summed E-state index contributed by atoms with van der Waals surface area (Å²) in [5.41, 5.74) is 0.274. The third kappa shape index (κ3) is 2.82. The van der Waals surface area contributed by atoms with Crippen LogP contribution in [0.1, 0.15) is 36.8 Å². The highest BCUT2D eigenvalue weighted by atomic mass is 19.3. The fraction of sp³-hybridized carbons (Fsp3) is 0.368. The highest BCUT2D eigenvalue weighted by Crippen LogP contribution is 2.38. The van der Waals surface area contributed by atoms with Crippen LogP contribution < -0.4 is 5.56 Å². The molecule has 0 saturated heterocycles. The number of aromatic nitrogens is 5. The maximum absolute atomic E-state index is 12.8. The molecule has 0 aliphatic heterocycles. The van der Waals surface area contributed by atoms with Crippen molar-refractivity contribution in [3.63, 3.8) is 0 Å². The summed E-state index contributed by atoms with van der Waals surface area (Å²) in [5, 5.41) is 11.1. The molecule has 1 aliphatic carbocycles. The van der Waals surface area contributed by atoms with E-state index in [1.165, 1.54) is 10.9 Å². The van der Waals surface area contributed by atoms with Crippen LogP contribution in [0.15, 0.2) is 35.3 Å². The standard InChI is InChI=1S/C19H19F2N5O2/c1-3-19(28)8-6-12-4-5-15(24-16(12)19)26-17-13(10-22-11(2)23-17)18(27)25(26)9-7-14(20)21/h4-5,7,10,28H,3,6,8-9H2,1-2H3. The molecule has 1 aliphatic rings. The molecule has 7 nitrogen and oxygen atoms in total. The van der Waals surface area contributed by atoms with E-state index < -0.39 is 17.2 Å². The summed E-state index contributed by atoms with van der Waals surface area (Å²) in [5.74, 6) is 0.780. The van der Waals surface area contributed by atoms with E-state index in [4.69, 9.17) is 0 Å². The van der Waals surface area contributed by atoms with Crippen molar-refractivity contribution < 1.29 is 13.9 Å². The molecule has 0 spiro atoms. The van der Waals surface area contributed by atoms with Crippen LogP contribution in [0, 0.1) is 6.92 Å². The molecule has 0 amide bonds. The lowest BCUT2D eigenvalue weighted by atomic mass is 9.98. The summed E-state index contributed by atoms with van der Waals surface area (Å²) in [6.07, 6.45) is 1.96. The fourth-order valence-corrected chi connectivity index (χ4v) is 3.67. The Bertz CT molecular complexity index is 1160. The Morgan fingerprint density at radius 2 is 2.14 bits per heavy atom. The number of aryl methyl sites for hydroxylation is 2. The van der Waals surface area contributed by atoms with Gasteiger partial charge in [0, 0.05) is 12.3 Å². The third-order valence-corrected chi connectivity index (χ3v) is 5.23. The smallest absolute Gasteiger partial charge is 0.278 e. The number of halogens is 2. The number of allylic oxidation sites excluding steroid dienone is 1. The maximum Gasteiger partial charge on any atom is 0.278 e. The monoisotopic (exact) mass is 387 g/mol. The predicted molar refractivity (Wildman–Crippen MR) is 98.5 cm³/mol. The second kappa shape index (κ2) is 6.59. The molecular formula is C19H19F2N5O2. The van der Waals surface area contributed by atoms with Gasteiger partial charge in [0.25, 0.3) is 11.6 Å². The molecule has 9 heteroatoms. The van der Waals surface area contributed by atoms with E-state index in [9.17, 15) is 18.7 Å². The molecule has 3 aromatic heterocycles. The van der Waals surface area contributed by atoms with E-state index in [-0.39, 0.29) is 17.6 Å². The summed E-state index contributed by atoms with van der Waals surface area (Å²) in [4.78, 5) is 25.8. The average Bonchev–Trinajstić information content (AvgIpc) is 3.15. The molecule has 146 valence electrons. The Hall–Kier alpha value is -2.94. The van der Waals surface area contributed by atoms with Gasteiger partial charge in [0.15, 0.2) is 11.5 Å². The molecule has 3 aromatic rings. The molecule has 1 N–H and O–H groups in total. The maximum atomic E-state index is 12.8. The van der Waals surface area contributed by atoms with Crippen LogP contribution in [0.5, 0.6) is 0 Å². The molecule has 0 fully saturated rings. The van der Waals surface area contributed by atoms with Crippen LogP contribution in [0.2, 0.25) is 0 Å². The van der Waals surface area contributed by atoms with E-state index >= 15 is 0 Å². The van der Waals surface area contributed by atoms with E-state index in [1.54, 1.807) is 13.0 Å². The Morgan fingerprint density at radius 3 is 2.86 bits per heavy atom. The van der Waals surface area contributed by atoms with Crippen molar-refractivity contribution in [2.45, 2.75) is 45.3 Å². The lowest BCUT2D eigenvalue weighted by molar-refractivity contribution is 0.0306. The van der Waals surface area contributed by atoms with Gasteiger partial charge in [0.2, 0.25) is 0 Å². The Morgan fingerprint density at radius 1 is 1.36 bits per heavy atom. The van der Waals surface area contributed by atoms with E-state index in [1.807, 2.05) is 13.0 Å². The van der Waals surface area contributed by atoms with Crippen molar-refractivity contribution >= 4 is 11.0 Å². The van der Waals surface area contributed by atoms with Gasteiger partial charge in [-0.3, -0.25) is 4.79 Å². The first-order valence-electron chi connectivity index (χ1n) is 9.03. The molecule has 0 aromatic carbocycles. The molecule has 0 bridgehead atoms. The number of pyridine rings is 1. The highest BCUT2D eigenvalue weighted by Gasteiger charge is 2.37. The minimum absolute atomic E-state index is 0.214. The number of hydrogen-bond donors (Lipinski definition) is 1. The summed E-state index contributed by atoms with van der Waals surface area (Å²) >= 11 is 0. The Labute approximate surface area is 159 Å². The average molecular weight is 387 g/mol. The normalized spacial score (nSPS) is 18.5. The van der Waals surface area contributed by atoms with E-state index in [0.717, 1.165) is 10.2 Å². The number of hydrogen-bond acceptors (Lipinski definition) is 5. The molecule has 28 heavy (non-hydrogen) atoms. The molecule has 1 atom stereocenters. The third-order valence-electron chi connectivity index (χ3n) is 5.23. The first kappa shape index (κ1) is 18.4. The first-order chi connectivity index (χ1) is 13.3. The molecule has 4 rings (SSSR count). The molecule has 3 heterocycles. The van der Waals surface area contributed by atoms with Crippen LogP contribution in [0.4, 0.5) is 8.78 Å². The lowest BCUT2D eigenvalue weighted by Gasteiger charge is -2.21. The van der Waals surface area contributed by atoms with Crippen LogP contribution >= 0.6 is 0 Å². The summed E-state index contributed by atoms with van der Waals surface area (Å²) in [6.45, 7) is 3.22. The molecule has 0 saturated carbocycles. The van der Waals surface area contributed by atoms with Crippen molar-refractivity contribution in [1.29, 1.82) is 0 Å². The lowest BCUT2D eigenvalue weighted by Crippen LogP contribution is -2.25. The summed E-state index contributed by atoms with van der Waals surface area (Å²) in [7, 11) is 0. The molecule has 1 unspecified atom stereocenters. The number of rotatable bonds is 4. The van der Waals surface area contributed by atoms with E-state index in [0.29, 0.717) is 42.7 Å². The largest absolute Gasteiger partial charge is 0.384 e. The van der Waals surface area contributed by atoms with Crippen molar-refractivity contribution in [3.8, 4) is 5.82 Å². The van der Waals surface area contributed by atoms with Crippen LogP contribution in [0.3, 0.4) is 0 Å².